The van der Waals surface area contributed by atoms with E-state index in [0.29, 0.717) is 19.5 Å². The molecule has 0 radical (unpaired) electrons. The van der Waals surface area contributed by atoms with Gasteiger partial charge in [-0.15, -0.1) is 0 Å². The number of rotatable bonds is 10. The normalized spacial score (nSPS) is 13.2. The Morgan fingerprint density at radius 3 is 2.80 bits per heavy atom. The van der Waals surface area contributed by atoms with Crippen LogP contribution in [0.15, 0.2) is 0 Å². The number of hydrogen-bond acceptors (Lipinski definition) is 3. The van der Waals surface area contributed by atoms with Crippen LogP contribution in [0.1, 0.15) is 41.8 Å². The molecule has 0 spiro atoms. The second-order valence-electron chi connectivity index (χ2n) is 3.48. The van der Waals surface area contributed by atoms with Crippen molar-refractivity contribution < 1.29 is 7.54 Å². The molecule has 0 fully saturated rings. The van der Waals surface area contributed by atoms with Crippen molar-refractivity contribution in [3.8, 4) is 0 Å². The van der Waals surface area contributed by atoms with E-state index in [-0.39, 0.29) is 12.5 Å². The summed E-state index contributed by atoms with van der Waals surface area (Å²) >= 11 is 0. The third kappa shape index (κ3) is 11.3. The highest BCUT2D eigenvalue weighted by molar-refractivity contribution is 5.77. The molecule has 0 rings (SSSR count). The van der Waals surface area contributed by atoms with Crippen LogP contribution in [0.4, 0.5) is 0 Å². The van der Waals surface area contributed by atoms with Crippen LogP contribution in [0, 0.1) is 0 Å². The predicted molar refractivity (Wildman–Crippen MR) is 63.7 cm³/mol. The summed E-state index contributed by atoms with van der Waals surface area (Å²) in [6.07, 6.45) is 3.96. The van der Waals surface area contributed by atoms with E-state index < -0.39 is 6.50 Å². The molecular weight excluding hydrogens is 190 g/mol. The van der Waals surface area contributed by atoms with Crippen molar-refractivity contribution in [1.29, 1.82) is 0 Å². The average molecular weight is 217 g/mol. The second-order valence-corrected chi connectivity index (χ2v) is 3.48. The van der Waals surface area contributed by atoms with Crippen LogP contribution in [0.3, 0.4) is 0 Å². The molecule has 0 atom stereocenters. The first-order valence-electron chi connectivity index (χ1n) is 6.73. The second kappa shape index (κ2) is 11.5. The third-order valence-electron chi connectivity index (χ3n) is 1.98. The molecule has 0 saturated heterocycles. The van der Waals surface area contributed by atoms with Crippen LogP contribution in [-0.2, 0) is 4.79 Å². The largest absolute Gasteiger partial charge is 0.355 e. The van der Waals surface area contributed by atoms with Crippen molar-refractivity contribution in [2.45, 2.75) is 39.0 Å². The summed E-state index contributed by atoms with van der Waals surface area (Å²) < 4.78 is 15.2. The number of carbonyl (C=O) groups is 1. The summed E-state index contributed by atoms with van der Waals surface area (Å²) in [5.74, 6) is -0.164. The number of carbonyl (C=O) groups excluding carboxylic acids is 1. The van der Waals surface area contributed by atoms with E-state index in [0.717, 1.165) is 25.7 Å². The Bertz CT molecular complexity index is 213. The summed E-state index contributed by atoms with van der Waals surface area (Å²) in [7, 11) is 0. The van der Waals surface area contributed by atoms with Gasteiger partial charge < -0.3 is 16.4 Å². The van der Waals surface area contributed by atoms with Crippen molar-refractivity contribution in [2.24, 2.45) is 5.73 Å². The number of hydrogen-bond donors (Lipinski definition) is 3. The Kier molecular flexibility index (Phi) is 8.33. The van der Waals surface area contributed by atoms with Crippen LogP contribution >= 0.6 is 0 Å². The van der Waals surface area contributed by atoms with Gasteiger partial charge in [0.2, 0.25) is 5.91 Å². The minimum absolute atomic E-state index is 0.0271. The van der Waals surface area contributed by atoms with Gasteiger partial charge in [0.25, 0.3) is 0 Å². The Balaban J connectivity index is 3.60. The molecule has 4 N–H and O–H groups in total. The van der Waals surface area contributed by atoms with E-state index in [2.05, 4.69) is 10.6 Å². The van der Waals surface area contributed by atoms with E-state index in [1.54, 1.807) is 0 Å². The molecule has 0 aliphatic heterocycles. The first-order chi connectivity index (χ1) is 8.02. The van der Waals surface area contributed by atoms with Gasteiger partial charge in [-0.1, -0.05) is 19.8 Å². The van der Waals surface area contributed by atoms with Crippen LogP contribution in [0.2, 0.25) is 0 Å². The average Bonchev–Trinajstić information content (AvgIpc) is 2.30. The highest BCUT2D eigenvalue weighted by Crippen LogP contribution is 1.90. The molecule has 0 aromatic carbocycles. The van der Waals surface area contributed by atoms with Crippen molar-refractivity contribution in [2.75, 3.05) is 26.1 Å². The Hall–Kier alpha value is -0.610. The van der Waals surface area contributed by atoms with Crippen LogP contribution in [-0.4, -0.2) is 32.0 Å². The molecule has 4 heteroatoms. The molecule has 0 aliphatic carbocycles. The van der Waals surface area contributed by atoms with E-state index in [1.807, 2.05) is 6.92 Å². The maximum absolute atomic E-state index is 11.4. The standard InChI is InChI=1S/C11H25N3O/c1-2-3-5-8-13-10-11(15)14-9-6-4-7-12/h13H,2-10,12H2,1H3,(H,14,15)/i8D2. The first-order valence-corrected chi connectivity index (χ1v) is 5.73. The fourth-order valence-electron chi connectivity index (χ4n) is 1.06. The lowest BCUT2D eigenvalue weighted by Crippen LogP contribution is -2.34. The Morgan fingerprint density at radius 2 is 2.13 bits per heavy atom. The highest BCUT2D eigenvalue weighted by atomic mass is 16.1. The molecule has 0 heterocycles. The summed E-state index contributed by atoms with van der Waals surface area (Å²) in [4.78, 5) is 11.4. The van der Waals surface area contributed by atoms with E-state index in [1.165, 1.54) is 0 Å². The summed E-state index contributed by atoms with van der Waals surface area (Å²) in [5.41, 5.74) is 5.33. The van der Waals surface area contributed by atoms with Crippen molar-refractivity contribution in [3.63, 3.8) is 0 Å². The topological polar surface area (TPSA) is 67.2 Å². The maximum Gasteiger partial charge on any atom is 0.233 e. The predicted octanol–water partition coefficient (Wildman–Crippen LogP) is 0.621. The highest BCUT2D eigenvalue weighted by Gasteiger charge is 1.98. The first kappa shape index (κ1) is 10.9. The summed E-state index contributed by atoms with van der Waals surface area (Å²) in [5, 5.41) is 5.35. The van der Waals surface area contributed by atoms with Crippen molar-refractivity contribution in [3.05, 3.63) is 0 Å². The van der Waals surface area contributed by atoms with Crippen molar-refractivity contribution >= 4 is 5.91 Å². The molecule has 0 unspecified atom stereocenters. The fourth-order valence-corrected chi connectivity index (χ4v) is 1.06. The summed E-state index contributed by atoms with van der Waals surface area (Å²) in [6.45, 7) is 1.83. The quantitative estimate of drug-likeness (QED) is 0.470. The zero-order valence-electron chi connectivity index (χ0n) is 11.6. The Morgan fingerprint density at radius 1 is 1.33 bits per heavy atom. The van der Waals surface area contributed by atoms with Gasteiger partial charge in [0.05, 0.1) is 6.54 Å². The van der Waals surface area contributed by atoms with Gasteiger partial charge in [0.15, 0.2) is 0 Å². The van der Waals surface area contributed by atoms with Crippen LogP contribution in [0.25, 0.3) is 0 Å². The SMILES string of the molecule is [2H]C([2H])(CCCC)NCC(=O)NCCCCN. The van der Waals surface area contributed by atoms with E-state index in [4.69, 9.17) is 8.48 Å². The molecule has 4 nitrogen and oxygen atoms in total. The number of nitrogens with two attached hydrogens (primary N) is 1. The van der Waals surface area contributed by atoms with Crippen LogP contribution < -0.4 is 16.4 Å². The zero-order valence-corrected chi connectivity index (χ0v) is 9.64. The fraction of sp³-hybridized carbons (Fsp3) is 0.909. The van der Waals surface area contributed by atoms with Crippen molar-refractivity contribution in [1.82, 2.24) is 10.6 Å². The molecule has 0 aromatic rings. The number of unbranched alkanes of at least 4 members (excludes halogenated alkanes) is 2. The van der Waals surface area contributed by atoms with Gasteiger partial charge in [0, 0.05) is 9.29 Å². The van der Waals surface area contributed by atoms with Gasteiger partial charge in [0.1, 0.15) is 0 Å². The van der Waals surface area contributed by atoms with Gasteiger partial charge in [-0.2, -0.15) is 0 Å². The molecule has 1 amide bonds. The molecule has 90 valence electrons. The van der Waals surface area contributed by atoms with Gasteiger partial charge in [-0.05, 0) is 32.3 Å². The smallest absolute Gasteiger partial charge is 0.233 e. The molecular formula is C11H25N3O. The van der Waals surface area contributed by atoms with E-state index >= 15 is 0 Å². The third-order valence-corrected chi connectivity index (χ3v) is 1.98. The Labute approximate surface area is 95.8 Å². The minimum Gasteiger partial charge on any atom is -0.355 e. The molecule has 0 saturated carbocycles. The van der Waals surface area contributed by atoms with Crippen LogP contribution in [0.5, 0.6) is 0 Å². The minimum atomic E-state index is -1.45. The lowest BCUT2D eigenvalue weighted by Gasteiger charge is -2.05. The monoisotopic (exact) mass is 217 g/mol. The van der Waals surface area contributed by atoms with Gasteiger partial charge >= 0.3 is 0 Å². The van der Waals surface area contributed by atoms with Gasteiger partial charge in [-0.25, -0.2) is 0 Å². The lowest BCUT2D eigenvalue weighted by molar-refractivity contribution is -0.120. The molecule has 0 aliphatic rings. The van der Waals surface area contributed by atoms with Gasteiger partial charge in [-0.3, -0.25) is 4.79 Å². The lowest BCUT2D eigenvalue weighted by atomic mass is 10.2. The maximum atomic E-state index is 11.4. The zero-order chi connectivity index (χ0) is 13.1. The summed E-state index contributed by atoms with van der Waals surface area (Å²) in [6, 6.07) is 0. The molecule has 0 bridgehead atoms. The van der Waals surface area contributed by atoms with E-state index in [9.17, 15) is 4.79 Å². The number of nitrogens with one attached hydrogen (secondary N) is 2. The number of amides is 1. The molecule has 15 heavy (non-hydrogen) atoms. The molecule has 0 aromatic heterocycles.